The minimum absolute atomic E-state index is 0.0900. The number of aromatic nitrogens is 1. The van der Waals surface area contributed by atoms with Gasteiger partial charge in [0.05, 0.1) is 4.92 Å². The quantitative estimate of drug-likeness (QED) is 0.643. The van der Waals surface area contributed by atoms with E-state index in [9.17, 15) is 15.4 Å². The summed E-state index contributed by atoms with van der Waals surface area (Å²) >= 11 is 6.28. The van der Waals surface area contributed by atoms with Gasteiger partial charge in [0.2, 0.25) is 0 Å². The van der Waals surface area contributed by atoms with Crippen LogP contribution < -0.4 is 5.73 Å². The maximum Gasteiger partial charge on any atom is 0.270 e. The molecule has 0 aliphatic rings. The molecular formula is C17H17ClN4O2. The van der Waals surface area contributed by atoms with Crippen molar-refractivity contribution in [2.24, 2.45) is 0 Å². The SMILES string of the molecule is CCCc1nc(N)c(C#N)c(-c2cc([N+](=O)[O-])ccc2Cl)c1CC. The number of aryl methyl sites for hydroxylation is 1. The standard InChI is InChI=1S/C17H17ClN4O2/c1-3-5-15-11(4-2)16(13(9-19)17(20)21-15)12-8-10(22(23)24)6-7-14(12)18/h6-8H,3-5H2,1-2H3,(H2,20,21). The Hall–Kier alpha value is -2.65. The fraction of sp³-hybridized carbons (Fsp3) is 0.294. The third-order valence-corrected chi connectivity index (χ3v) is 4.12. The molecule has 0 aliphatic carbocycles. The van der Waals surface area contributed by atoms with Gasteiger partial charge in [0.25, 0.3) is 5.69 Å². The highest BCUT2D eigenvalue weighted by Crippen LogP contribution is 2.38. The van der Waals surface area contributed by atoms with Crippen molar-refractivity contribution in [2.75, 3.05) is 5.73 Å². The maximum atomic E-state index is 11.1. The summed E-state index contributed by atoms with van der Waals surface area (Å²) in [6.45, 7) is 3.97. The van der Waals surface area contributed by atoms with E-state index < -0.39 is 4.92 Å². The van der Waals surface area contributed by atoms with Crippen LogP contribution in [0.15, 0.2) is 18.2 Å². The van der Waals surface area contributed by atoms with Crippen LogP contribution in [0.4, 0.5) is 11.5 Å². The maximum absolute atomic E-state index is 11.1. The molecule has 6 nitrogen and oxygen atoms in total. The highest BCUT2D eigenvalue weighted by Gasteiger charge is 2.22. The molecule has 0 radical (unpaired) electrons. The second-order valence-electron chi connectivity index (χ2n) is 5.31. The molecule has 124 valence electrons. The van der Waals surface area contributed by atoms with Crippen molar-refractivity contribution < 1.29 is 4.92 Å². The lowest BCUT2D eigenvalue weighted by Crippen LogP contribution is -2.08. The molecule has 0 atom stereocenters. The van der Waals surface area contributed by atoms with E-state index in [1.54, 1.807) is 0 Å². The third-order valence-electron chi connectivity index (χ3n) is 3.79. The summed E-state index contributed by atoms with van der Waals surface area (Å²) in [6.07, 6.45) is 2.19. The van der Waals surface area contributed by atoms with Gasteiger partial charge >= 0.3 is 0 Å². The number of halogens is 1. The Morgan fingerprint density at radius 2 is 2.12 bits per heavy atom. The zero-order valence-corrected chi connectivity index (χ0v) is 14.2. The Bertz CT molecular complexity index is 843. The largest absolute Gasteiger partial charge is 0.383 e. The number of rotatable bonds is 5. The number of hydrogen-bond acceptors (Lipinski definition) is 5. The van der Waals surface area contributed by atoms with Gasteiger partial charge in [-0.15, -0.1) is 0 Å². The number of nitriles is 1. The molecule has 0 spiro atoms. The monoisotopic (exact) mass is 344 g/mol. The van der Waals surface area contributed by atoms with Crippen LogP contribution in [0, 0.1) is 21.4 Å². The molecule has 0 aliphatic heterocycles. The molecule has 1 aromatic heterocycles. The predicted octanol–water partition coefficient (Wildman–Crippen LogP) is 4.28. The number of hydrogen-bond donors (Lipinski definition) is 1. The fourth-order valence-electron chi connectivity index (χ4n) is 2.75. The van der Waals surface area contributed by atoms with Gasteiger partial charge in [0.1, 0.15) is 17.5 Å². The number of non-ortho nitro benzene ring substituents is 1. The van der Waals surface area contributed by atoms with Gasteiger partial charge in [0, 0.05) is 34.0 Å². The third kappa shape index (κ3) is 3.17. The van der Waals surface area contributed by atoms with E-state index in [1.165, 1.54) is 18.2 Å². The van der Waals surface area contributed by atoms with Gasteiger partial charge in [0.15, 0.2) is 0 Å². The first-order valence-electron chi connectivity index (χ1n) is 7.60. The molecule has 2 aromatic rings. The number of nitro groups is 1. The average Bonchev–Trinajstić information content (AvgIpc) is 2.55. The molecule has 2 N–H and O–H groups in total. The lowest BCUT2D eigenvalue weighted by molar-refractivity contribution is -0.384. The number of nitrogen functional groups attached to an aromatic ring is 1. The zero-order valence-electron chi connectivity index (χ0n) is 13.5. The molecule has 7 heteroatoms. The van der Waals surface area contributed by atoms with Crippen LogP contribution in [-0.2, 0) is 12.8 Å². The van der Waals surface area contributed by atoms with Gasteiger partial charge in [-0.1, -0.05) is 31.9 Å². The van der Waals surface area contributed by atoms with Crippen LogP contribution in [0.2, 0.25) is 5.02 Å². The van der Waals surface area contributed by atoms with E-state index in [0.717, 1.165) is 17.7 Å². The molecule has 0 saturated carbocycles. The summed E-state index contributed by atoms with van der Waals surface area (Å²) < 4.78 is 0. The summed E-state index contributed by atoms with van der Waals surface area (Å²) in [5.74, 6) is 0.121. The molecule has 2 rings (SSSR count). The van der Waals surface area contributed by atoms with E-state index in [-0.39, 0.29) is 17.1 Å². The number of anilines is 1. The number of benzene rings is 1. The van der Waals surface area contributed by atoms with Gasteiger partial charge in [-0.2, -0.15) is 5.26 Å². The van der Waals surface area contributed by atoms with Crippen molar-refractivity contribution in [3.05, 3.63) is 50.2 Å². The van der Waals surface area contributed by atoms with E-state index in [1.807, 2.05) is 13.8 Å². The molecular weight excluding hydrogens is 328 g/mol. The van der Waals surface area contributed by atoms with Crippen molar-refractivity contribution in [2.45, 2.75) is 33.1 Å². The van der Waals surface area contributed by atoms with Crippen LogP contribution >= 0.6 is 11.6 Å². The Kier molecular flexibility index (Phi) is 5.37. The molecule has 0 amide bonds. The van der Waals surface area contributed by atoms with E-state index in [4.69, 9.17) is 17.3 Å². The molecule has 0 bridgehead atoms. The topological polar surface area (TPSA) is 106 Å². The van der Waals surface area contributed by atoms with Crippen molar-refractivity contribution in [3.8, 4) is 17.2 Å². The van der Waals surface area contributed by atoms with E-state index >= 15 is 0 Å². The predicted molar refractivity (Wildman–Crippen MR) is 93.8 cm³/mol. The minimum atomic E-state index is -0.491. The smallest absolute Gasteiger partial charge is 0.270 e. The van der Waals surface area contributed by atoms with Gasteiger partial charge < -0.3 is 5.73 Å². The molecule has 1 heterocycles. The highest BCUT2D eigenvalue weighted by atomic mass is 35.5. The van der Waals surface area contributed by atoms with Gasteiger partial charge in [-0.05, 0) is 24.5 Å². The Balaban J connectivity index is 2.89. The normalized spacial score (nSPS) is 10.4. The first-order valence-corrected chi connectivity index (χ1v) is 7.97. The van der Waals surface area contributed by atoms with E-state index in [0.29, 0.717) is 29.0 Å². The van der Waals surface area contributed by atoms with Crippen molar-refractivity contribution in [1.82, 2.24) is 4.98 Å². The van der Waals surface area contributed by atoms with E-state index in [2.05, 4.69) is 11.1 Å². The average molecular weight is 345 g/mol. The number of nitrogens with two attached hydrogens (primary N) is 1. The van der Waals surface area contributed by atoms with Crippen LogP contribution in [-0.4, -0.2) is 9.91 Å². The van der Waals surface area contributed by atoms with Crippen molar-refractivity contribution in [1.29, 1.82) is 5.26 Å². The van der Waals surface area contributed by atoms with Crippen molar-refractivity contribution in [3.63, 3.8) is 0 Å². The molecule has 0 saturated heterocycles. The zero-order chi connectivity index (χ0) is 17.9. The summed E-state index contributed by atoms with van der Waals surface area (Å²) in [7, 11) is 0. The highest BCUT2D eigenvalue weighted by molar-refractivity contribution is 6.33. The summed E-state index contributed by atoms with van der Waals surface area (Å²) in [4.78, 5) is 15.0. The molecule has 1 aromatic carbocycles. The van der Waals surface area contributed by atoms with Gasteiger partial charge in [-0.3, -0.25) is 10.1 Å². The van der Waals surface area contributed by atoms with Crippen LogP contribution in [0.25, 0.3) is 11.1 Å². The summed E-state index contributed by atoms with van der Waals surface area (Å²) in [6, 6.07) is 6.25. The summed E-state index contributed by atoms with van der Waals surface area (Å²) in [5.41, 5.74) is 8.71. The molecule has 0 fully saturated rings. The Labute approximate surface area is 145 Å². The second-order valence-corrected chi connectivity index (χ2v) is 5.72. The first kappa shape index (κ1) is 17.7. The lowest BCUT2D eigenvalue weighted by atomic mass is 9.91. The number of nitro benzene ring substituents is 1. The number of pyridine rings is 1. The fourth-order valence-corrected chi connectivity index (χ4v) is 2.96. The molecule has 24 heavy (non-hydrogen) atoms. The lowest BCUT2D eigenvalue weighted by Gasteiger charge is -2.17. The minimum Gasteiger partial charge on any atom is -0.383 e. The first-order chi connectivity index (χ1) is 11.4. The molecule has 0 unspecified atom stereocenters. The van der Waals surface area contributed by atoms with Crippen molar-refractivity contribution >= 4 is 23.1 Å². The second kappa shape index (κ2) is 7.28. The Morgan fingerprint density at radius 1 is 1.42 bits per heavy atom. The van der Waals surface area contributed by atoms with Crippen LogP contribution in [0.5, 0.6) is 0 Å². The summed E-state index contributed by atoms with van der Waals surface area (Å²) in [5, 5.41) is 21.0. The number of nitrogens with zero attached hydrogens (tertiary/aromatic N) is 3. The van der Waals surface area contributed by atoms with Crippen LogP contribution in [0.3, 0.4) is 0 Å². The Morgan fingerprint density at radius 3 is 2.67 bits per heavy atom. The van der Waals surface area contributed by atoms with Gasteiger partial charge in [-0.25, -0.2) is 4.98 Å². The van der Waals surface area contributed by atoms with Crippen LogP contribution in [0.1, 0.15) is 37.1 Å².